The van der Waals surface area contributed by atoms with Gasteiger partial charge in [-0.3, -0.25) is 0 Å². The Balaban J connectivity index is 2.02. The van der Waals surface area contributed by atoms with Crippen LogP contribution < -0.4 is 0 Å². The number of hydrogen-bond acceptors (Lipinski definition) is 4. The zero-order chi connectivity index (χ0) is 12.8. The molecule has 2 aromatic rings. The van der Waals surface area contributed by atoms with Gasteiger partial charge in [0.15, 0.2) is 0 Å². The molecule has 0 fully saturated rings. The fourth-order valence-electron chi connectivity index (χ4n) is 1.61. The summed E-state index contributed by atoms with van der Waals surface area (Å²) in [6.45, 7) is 4.25. The molecule has 0 N–H and O–H groups in total. The first-order valence-electron chi connectivity index (χ1n) is 6.21. The van der Waals surface area contributed by atoms with E-state index < -0.39 is 0 Å². The third kappa shape index (κ3) is 3.74. The lowest BCUT2D eigenvalue weighted by molar-refractivity contribution is 0.779. The lowest BCUT2D eigenvalue weighted by Crippen LogP contribution is -1.82. The van der Waals surface area contributed by atoms with Gasteiger partial charge in [-0.25, -0.2) is 4.99 Å². The predicted octanol–water partition coefficient (Wildman–Crippen LogP) is 3.94. The van der Waals surface area contributed by atoms with E-state index in [2.05, 4.69) is 41.2 Å². The van der Waals surface area contributed by atoms with Gasteiger partial charge in [0.05, 0.1) is 0 Å². The monoisotopic (exact) mass is 259 g/mol. The van der Waals surface area contributed by atoms with Crippen LogP contribution in [0.15, 0.2) is 29.3 Å². The van der Waals surface area contributed by atoms with E-state index in [1.54, 1.807) is 11.3 Å². The van der Waals surface area contributed by atoms with Crippen LogP contribution in [0.1, 0.15) is 35.9 Å². The summed E-state index contributed by atoms with van der Waals surface area (Å²) in [4.78, 5) is 4.37. The molecule has 0 aliphatic heterocycles. The van der Waals surface area contributed by atoms with Crippen LogP contribution in [0, 0.1) is 6.92 Å². The molecule has 0 unspecified atom stereocenters. The molecule has 0 spiro atoms. The van der Waals surface area contributed by atoms with Gasteiger partial charge in [0.25, 0.3) is 0 Å². The Labute approximate surface area is 112 Å². The molecule has 1 aromatic heterocycles. The highest BCUT2D eigenvalue weighted by Crippen LogP contribution is 2.19. The van der Waals surface area contributed by atoms with E-state index in [-0.39, 0.29) is 0 Å². The normalized spacial score (nSPS) is 11.2. The smallest absolute Gasteiger partial charge is 0.226 e. The van der Waals surface area contributed by atoms with Crippen molar-refractivity contribution < 1.29 is 0 Å². The molecule has 0 amide bonds. The number of hydrogen-bond donors (Lipinski definition) is 0. The molecular weight excluding hydrogens is 242 g/mol. The van der Waals surface area contributed by atoms with Crippen LogP contribution in [-0.4, -0.2) is 16.4 Å². The fourth-order valence-corrected chi connectivity index (χ4v) is 2.33. The van der Waals surface area contributed by atoms with E-state index in [4.69, 9.17) is 0 Å². The average Bonchev–Trinajstić information content (AvgIpc) is 2.82. The highest BCUT2D eigenvalue weighted by molar-refractivity contribution is 7.14. The molecule has 94 valence electrons. The molecule has 3 nitrogen and oxygen atoms in total. The van der Waals surface area contributed by atoms with E-state index in [1.807, 2.05) is 18.3 Å². The molecule has 4 heteroatoms. The van der Waals surface area contributed by atoms with E-state index >= 15 is 0 Å². The lowest BCUT2D eigenvalue weighted by Gasteiger charge is -1.93. The van der Waals surface area contributed by atoms with Gasteiger partial charge >= 0.3 is 0 Å². The Morgan fingerprint density at radius 1 is 1.33 bits per heavy atom. The number of rotatable bonds is 5. The quantitative estimate of drug-likeness (QED) is 0.763. The maximum absolute atomic E-state index is 4.37. The summed E-state index contributed by atoms with van der Waals surface area (Å²) in [5, 5.41) is 10.0. The van der Waals surface area contributed by atoms with Gasteiger partial charge < -0.3 is 0 Å². The van der Waals surface area contributed by atoms with Crippen molar-refractivity contribution in [2.24, 2.45) is 4.99 Å². The van der Waals surface area contributed by atoms with Crippen molar-refractivity contribution in [2.75, 3.05) is 0 Å². The van der Waals surface area contributed by atoms with Crippen molar-refractivity contribution in [1.82, 2.24) is 10.2 Å². The van der Waals surface area contributed by atoms with Crippen molar-refractivity contribution in [3.63, 3.8) is 0 Å². The van der Waals surface area contributed by atoms with Gasteiger partial charge in [-0.1, -0.05) is 54.5 Å². The van der Waals surface area contributed by atoms with E-state index in [0.717, 1.165) is 28.5 Å². The minimum atomic E-state index is 0.739. The van der Waals surface area contributed by atoms with Gasteiger partial charge in [0.2, 0.25) is 5.13 Å². The van der Waals surface area contributed by atoms with Crippen LogP contribution in [0.2, 0.25) is 0 Å². The molecule has 1 aromatic carbocycles. The minimum absolute atomic E-state index is 0.739. The van der Waals surface area contributed by atoms with Crippen LogP contribution in [-0.2, 0) is 6.42 Å². The summed E-state index contributed by atoms with van der Waals surface area (Å²) >= 11 is 1.58. The summed E-state index contributed by atoms with van der Waals surface area (Å²) < 4.78 is 0. The lowest BCUT2D eigenvalue weighted by atomic mass is 10.2. The van der Waals surface area contributed by atoms with Gasteiger partial charge in [0, 0.05) is 12.6 Å². The molecule has 0 aliphatic rings. The van der Waals surface area contributed by atoms with E-state index in [1.165, 1.54) is 12.0 Å². The first kappa shape index (κ1) is 12.9. The number of nitrogens with zero attached hydrogens (tertiary/aromatic N) is 3. The SMILES string of the molecule is CCCCc1nnc(N=Cc2cccc(C)c2)s1. The predicted molar refractivity (Wildman–Crippen MR) is 77.0 cm³/mol. The van der Waals surface area contributed by atoms with Crippen molar-refractivity contribution in [3.05, 3.63) is 40.4 Å². The maximum atomic E-state index is 4.37. The number of benzene rings is 1. The van der Waals surface area contributed by atoms with E-state index in [0.29, 0.717) is 0 Å². The molecule has 1 heterocycles. The summed E-state index contributed by atoms with van der Waals surface area (Å²) in [5.74, 6) is 0. The second kappa shape index (κ2) is 6.40. The molecule has 2 rings (SSSR count). The Morgan fingerprint density at radius 2 is 2.22 bits per heavy atom. The zero-order valence-corrected chi connectivity index (χ0v) is 11.6. The van der Waals surface area contributed by atoms with Crippen LogP contribution in [0.4, 0.5) is 5.13 Å². The summed E-state index contributed by atoms with van der Waals surface area (Å²) in [6, 6.07) is 8.24. The zero-order valence-electron chi connectivity index (χ0n) is 10.8. The Hall–Kier alpha value is -1.55. The van der Waals surface area contributed by atoms with Gasteiger partial charge in [-0.15, -0.1) is 10.2 Å². The number of aromatic nitrogens is 2. The first-order valence-corrected chi connectivity index (χ1v) is 7.02. The Kier molecular flexibility index (Phi) is 4.59. The van der Waals surface area contributed by atoms with Crippen molar-refractivity contribution in [3.8, 4) is 0 Å². The number of unbranched alkanes of at least 4 members (excludes halogenated alkanes) is 1. The maximum Gasteiger partial charge on any atom is 0.231 e. The Morgan fingerprint density at radius 3 is 3.00 bits per heavy atom. The fraction of sp³-hybridized carbons (Fsp3) is 0.357. The molecule has 0 bridgehead atoms. The molecule has 0 saturated heterocycles. The largest absolute Gasteiger partial charge is 0.231 e. The van der Waals surface area contributed by atoms with Crippen molar-refractivity contribution >= 4 is 22.7 Å². The van der Waals surface area contributed by atoms with Crippen LogP contribution >= 0.6 is 11.3 Å². The Bertz CT molecular complexity index is 531. The summed E-state index contributed by atoms with van der Waals surface area (Å²) in [7, 11) is 0. The van der Waals surface area contributed by atoms with Crippen LogP contribution in [0.3, 0.4) is 0 Å². The summed E-state index contributed by atoms with van der Waals surface area (Å²) in [6.07, 6.45) is 5.20. The highest BCUT2D eigenvalue weighted by Gasteiger charge is 2.01. The van der Waals surface area contributed by atoms with Crippen LogP contribution in [0.5, 0.6) is 0 Å². The molecule has 0 saturated carbocycles. The molecule has 0 radical (unpaired) electrons. The van der Waals surface area contributed by atoms with E-state index in [9.17, 15) is 0 Å². The summed E-state index contributed by atoms with van der Waals surface area (Å²) in [5.41, 5.74) is 2.33. The standard InChI is InChI=1S/C14H17N3S/c1-3-4-8-13-16-17-14(18-13)15-10-12-7-5-6-11(2)9-12/h5-7,9-10H,3-4,8H2,1-2H3. The highest BCUT2D eigenvalue weighted by atomic mass is 32.1. The molecule has 18 heavy (non-hydrogen) atoms. The number of aryl methyl sites for hydroxylation is 2. The van der Waals surface area contributed by atoms with Crippen molar-refractivity contribution in [1.29, 1.82) is 0 Å². The topological polar surface area (TPSA) is 38.1 Å². The third-order valence-electron chi connectivity index (χ3n) is 2.57. The van der Waals surface area contributed by atoms with Gasteiger partial charge in [0.1, 0.15) is 5.01 Å². The molecular formula is C14H17N3S. The van der Waals surface area contributed by atoms with Crippen molar-refractivity contribution in [2.45, 2.75) is 33.1 Å². The van der Waals surface area contributed by atoms with Crippen LogP contribution in [0.25, 0.3) is 0 Å². The molecule has 0 aliphatic carbocycles. The number of aliphatic imine (C=N–C) groups is 1. The molecule has 0 atom stereocenters. The average molecular weight is 259 g/mol. The minimum Gasteiger partial charge on any atom is -0.226 e. The first-order chi connectivity index (χ1) is 8.78. The van der Waals surface area contributed by atoms with Gasteiger partial charge in [-0.2, -0.15) is 0 Å². The third-order valence-corrected chi connectivity index (χ3v) is 3.46. The second-order valence-corrected chi connectivity index (χ2v) is 5.29. The van der Waals surface area contributed by atoms with Gasteiger partial charge in [-0.05, 0) is 18.9 Å². The second-order valence-electron chi connectivity index (χ2n) is 4.25.